The van der Waals surface area contributed by atoms with Crippen LogP contribution in [0.2, 0.25) is 0 Å². The van der Waals surface area contributed by atoms with Crippen molar-refractivity contribution in [2.75, 3.05) is 0 Å². The number of fused-ring (bicyclic) bond motifs is 1. The van der Waals surface area contributed by atoms with Crippen molar-refractivity contribution in [2.24, 2.45) is 5.11 Å². The van der Waals surface area contributed by atoms with Crippen molar-refractivity contribution in [1.82, 2.24) is 0 Å². The lowest BCUT2D eigenvalue weighted by Gasteiger charge is -1.98. The Hall–Kier alpha value is -1.78. The number of rotatable bonds is 1. The van der Waals surface area contributed by atoms with Crippen LogP contribution in [0, 0.1) is 0 Å². The fourth-order valence-electron chi connectivity index (χ4n) is 1.22. The average Bonchev–Trinajstić information content (AvgIpc) is 2.21. The lowest BCUT2D eigenvalue weighted by atomic mass is 10.2. The summed E-state index contributed by atoms with van der Waals surface area (Å²) >= 11 is 3.26. The van der Waals surface area contributed by atoms with Crippen molar-refractivity contribution in [3.05, 3.63) is 49.6 Å². The largest absolute Gasteiger partial charge is 0.421 e. The second-order valence-corrected chi connectivity index (χ2v) is 3.62. The lowest BCUT2D eigenvalue weighted by Crippen LogP contribution is -1.97. The van der Waals surface area contributed by atoms with E-state index >= 15 is 0 Å². The maximum atomic E-state index is 11.3. The van der Waals surface area contributed by atoms with E-state index in [1.54, 1.807) is 18.2 Å². The molecule has 0 N–H and O–H groups in total. The highest BCUT2D eigenvalue weighted by atomic mass is 79.9. The molecular weight excluding hydrogens is 262 g/mol. The summed E-state index contributed by atoms with van der Waals surface area (Å²) in [7, 11) is 0. The van der Waals surface area contributed by atoms with E-state index in [2.05, 4.69) is 26.0 Å². The van der Waals surface area contributed by atoms with Crippen LogP contribution >= 0.6 is 15.9 Å². The molecule has 6 heteroatoms. The smallest absolute Gasteiger partial charge is 0.345 e. The normalized spacial score (nSPS) is 9.93. The molecule has 0 atom stereocenters. The number of para-hydroxylation sites is 1. The van der Waals surface area contributed by atoms with Crippen molar-refractivity contribution in [1.29, 1.82) is 0 Å². The summed E-state index contributed by atoms with van der Waals surface area (Å²) in [4.78, 5) is 13.9. The first-order valence-electron chi connectivity index (χ1n) is 4.00. The van der Waals surface area contributed by atoms with Gasteiger partial charge >= 0.3 is 5.63 Å². The van der Waals surface area contributed by atoms with Gasteiger partial charge in [-0.2, -0.15) is 0 Å². The summed E-state index contributed by atoms with van der Waals surface area (Å²) in [5.74, 6) is 0. The summed E-state index contributed by atoms with van der Waals surface area (Å²) in [5.41, 5.74) is 8.00. The number of benzene rings is 1. The molecule has 0 aliphatic rings. The van der Waals surface area contributed by atoms with Crippen molar-refractivity contribution in [2.45, 2.75) is 0 Å². The third-order valence-corrected chi connectivity index (χ3v) is 2.47. The molecular formula is C9H4BrN3O2. The fourth-order valence-corrected chi connectivity index (χ4v) is 1.68. The van der Waals surface area contributed by atoms with E-state index in [0.29, 0.717) is 15.4 Å². The zero-order valence-corrected chi connectivity index (χ0v) is 8.93. The SMILES string of the molecule is [N-]=[N+]=Nc1cc2cccc(Br)c2oc1=O. The average molecular weight is 266 g/mol. The molecule has 0 unspecified atom stereocenters. The molecule has 1 aromatic heterocycles. The van der Waals surface area contributed by atoms with Gasteiger partial charge in [0.1, 0.15) is 5.69 Å². The Morgan fingerprint density at radius 3 is 3.00 bits per heavy atom. The van der Waals surface area contributed by atoms with Gasteiger partial charge in [-0.1, -0.05) is 17.2 Å². The van der Waals surface area contributed by atoms with Gasteiger partial charge in [0.05, 0.1) is 4.47 Å². The molecule has 74 valence electrons. The van der Waals surface area contributed by atoms with E-state index in [1.807, 2.05) is 0 Å². The van der Waals surface area contributed by atoms with Crippen LogP contribution < -0.4 is 5.63 Å². The molecule has 0 fully saturated rings. The quantitative estimate of drug-likeness (QED) is 0.342. The van der Waals surface area contributed by atoms with Gasteiger partial charge in [0.2, 0.25) is 0 Å². The lowest BCUT2D eigenvalue weighted by molar-refractivity contribution is 0.561. The predicted octanol–water partition coefficient (Wildman–Crippen LogP) is 3.50. The van der Waals surface area contributed by atoms with Gasteiger partial charge in [0.15, 0.2) is 5.58 Å². The number of azide groups is 1. The minimum Gasteiger partial charge on any atom is -0.421 e. The van der Waals surface area contributed by atoms with Gasteiger partial charge in [0.25, 0.3) is 0 Å². The van der Waals surface area contributed by atoms with Gasteiger partial charge in [-0.05, 0) is 33.6 Å². The molecule has 0 saturated heterocycles. The predicted molar refractivity (Wildman–Crippen MR) is 59.0 cm³/mol. The van der Waals surface area contributed by atoms with Crippen molar-refractivity contribution in [3.8, 4) is 0 Å². The zero-order valence-electron chi connectivity index (χ0n) is 7.35. The first-order chi connectivity index (χ1) is 7.22. The van der Waals surface area contributed by atoms with Crippen LogP contribution in [0.15, 0.2) is 43.1 Å². The van der Waals surface area contributed by atoms with Crippen LogP contribution in [0.25, 0.3) is 21.4 Å². The van der Waals surface area contributed by atoms with E-state index in [-0.39, 0.29) is 5.69 Å². The van der Waals surface area contributed by atoms with Crippen molar-refractivity contribution < 1.29 is 4.42 Å². The molecule has 0 spiro atoms. The third kappa shape index (κ3) is 1.72. The number of halogens is 1. The highest BCUT2D eigenvalue weighted by Crippen LogP contribution is 2.24. The van der Waals surface area contributed by atoms with Crippen LogP contribution in [0.3, 0.4) is 0 Å². The number of hydrogen-bond acceptors (Lipinski definition) is 3. The summed E-state index contributed by atoms with van der Waals surface area (Å²) in [6, 6.07) is 6.82. The Balaban J connectivity index is 2.88. The summed E-state index contributed by atoms with van der Waals surface area (Å²) in [6.07, 6.45) is 0. The molecule has 2 rings (SSSR count). The highest BCUT2D eigenvalue weighted by molar-refractivity contribution is 9.10. The molecule has 5 nitrogen and oxygen atoms in total. The van der Waals surface area contributed by atoms with Gasteiger partial charge in [-0.3, -0.25) is 0 Å². The monoisotopic (exact) mass is 265 g/mol. The Kier molecular flexibility index (Phi) is 2.45. The van der Waals surface area contributed by atoms with Crippen LogP contribution in [0.5, 0.6) is 0 Å². The molecule has 15 heavy (non-hydrogen) atoms. The van der Waals surface area contributed by atoms with E-state index in [1.165, 1.54) is 6.07 Å². The molecule has 0 aliphatic carbocycles. The van der Waals surface area contributed by atoms with E-state index in [9.17, 15) is 4.79 Å². The fraction of sp³-hybridized carbons (Fsp3) is 0. The first kappa shape index (κ1) is 9.76. The van der Waals surface area contributed by atoms with E-state index < -0.39 is 5.63 Å². The Labute approximate surface area is 92.1 Å². The summed E-state index contributed by atoms with van der Waals surface area (Å²) in [5, 5.41) is 3.95. The second kappa shape index (κ2) is 3.76. The van der Waals surface area contributed by atoms with Crippen LogP contribution in [0.4, 0.5) is 5.69 Å². The van der Waals surface area contributed by atoms with Gasteiger partial charge < -0.3 is 4.42 Å². The molecule has 2 aromatic rings. The first-order valence-corrected chi connectivity index (χ1v) is 4.79. The minimum absolute atomic E-state index is 0.0388. The van der Waals surface area contributed by atoms with Gasteiger partial charge in [-0.15, -0.1) is 0 Å². The molecule has 0 bridgehead atoms. The Bertz CT molecular complexity index is 629. The number of hydrogen-bond donors (Lipinski definition) is 0. The standard InChI is InChI=1S/C9H4BrN3O2/c10-6-3-1-2-5-4-7(12-13-11)9(14)15-8(5)6/h1-4H. The van der Waals surface area contributed by atoms with Crippen molar-refractivity contribution >= 4 is 32.6 Å². The minimum atomic E-state index is -0.646. The maximum absolute atomic E-state index is 11.3. The van der Waals surface area contributed by atoms with Crippen molar-refractivity contribution in [3.63, 3.8) is 0 Å². The van der Waals surface area contributed by atoms with Gasteiger partial charge in [-0.25, -0.2) is 4.79 Å². The summed E-state index contributed by atoms with van der Waals surface area (Å²) in [6.45, 7) is 0. The topological polar surface area (TPSA) is 79.0 Å². The Morgan fingerprint density at radius 2 is 2.27 bits per heavy atom. The summed E-state index contributed by atoms with van der Waals surface area (Å²) < 4.78 is 5.69. The number of nitrogens with zero attached hydrogens (tertiary/aromatic N) is 3. The van der Waals surface area contributed by atoms with Crippen LogP contribution in [0.1, 0.15) is 0 Å². The van der Waals surface area contributed by atoms with Gasteiger partial charge in [0, 0.05) is 10.3 Å². The van der Waals surface area contributed by atoms with Crippen LogP contribution in [-0.2, 0) is 0 Å². The molecule has 1 heterocycles. The molecule has 0 radical (unpaired) electrons. The second-order valence-electron chi connectivity index (χ2n) is 2.77. The molecule has 0 amide bonds. The third-order valence-electron chi connectivity index (χ3n) is 1.85. The molecule has 0 saturated carbocycles. The Morgan fingerprint density at radius 1 is 1.47 bits per heavy atom. The molecule has 0 aliphatic heterocycles. The maximum Gasteiger partial charge on any atom is 0.345 e. The van der Waals surface area contributed by atoms with E-state index in [0.717, 1.165) is 0 Å². The van der Waals surface area contributed by atoms with E-state index in [4.69, 9.17) is 9.95 Å². The zero-order chi connectivity index (χ0) is 10.8. The highest BCUT2D eigenvalue weighted by Gasteiger charge is 2.05. The van der Waals surface area contributed by atoms with Crippen LogP contribution in [-0.4, -0.2) is 0 Å². The molecule has 1 aromatic carbocycles.